The Bertz CT molecular complexity index is 1340. The lowest BCUT2D eigenvalue weighted by atomic mass is 9.87. The van der Waals surface area contributed by atoms with Gasteiger partial charge in [0, 0.05) is 41.3 Å². The van der Waals surface area contributed by atoms with Crippen LogP contribution in [0.2, 0.25) is 0 Å². The maximum Gasteiger partial charge on any atom is 0.407 e. The molecule has 4 aromatic rings. The van der Waals surface area contributed by atoms with E-state index >= 15 is 0 Å². The first-order chi connectivity index (χ1) is 15.9. The molecule has 1 saturated heterocycles. The summed E-state index contributed by atoms with van der Waals surface area (Å²) in [5, 5.41) is 14.9. The minimum Gasteiger partial charge on any atom is -0.465 e. The first kappa shape index (κ1) is 21.5. The monoisotopic (exact) mass is 445 g/mol. The average Bonchev–Trinajstić information content (AvgIpc) is 3.42. The number of aromatic amines is 1. The van der Waals surface area contributed by atoms with Gasteiger partial charge in [-0.25, -0.2) is 14.3 Å². The van der Waals surface area contributed by atoms with Gasteiger partial charge in [-0.15, -0.1) is 0 Å². The van der Waals surface area contributed by atoms with Gasteiger partial charge in [0.2, 0.25) is 0 Å². The van der Waals surface area contributed by atoms with Crippen LogP contribution >= 0.6 is 0 Å². The van der Waals surface area contributed by atoms with Crippen molar-refractivity contribution in [2.45, 2.75) is 58.8 Å². The second-order valence-corrected chi connectivity index (χ2v) is 9.45. The highest BCUT2D eigenvalue weighted by Gasteiger charge is 2.25. The Labute approximate surface area is 193 Å². The molecule has 1 aliphatic heterocycles. The zero-order valence-electron chi connectivity index (χ0n) is 19.7. The van der Waals surface area contributed by atoms with E-state index in [1.807, 2.05) is 4.52 Å². The number of aryl methyl sites for hydroxylation is 1. The molecule has 0 unspecified atom stereocenters. The summed E-state index contributed by atoms with van der Waals surface area (Å²) in [7, 11) is 0. The number of pyridine rings is 1. The number of amides is 1. The minimum atomic E-state index is -0.813. The van der Waals surface area contributed by atoms with Crippen LogP contribution in [0.25, 0.3) is 27.8 Å². The Morgan fingerprint density at radius 1 is 1.27 bits per heavy atom. The molecule has 7 heteroatoms. The molecule has 5 rings (SSSR count). The van der Waals surface area contributed by atoms with Crippen molar-refractivity contribution < 1.29 is 9.90 Å². The van der Waals surface area contributed by atoms with E-state index in [4.69, 9.17) is 0 Å². The molecule has 4 heterocycles. The summed E-state index contributed by atoms with van der Waals surface area (Å²) >= 11 is 0. The second-order valence-electron chi connectivity index (χ2n) is 9.45. The van der Waals surface area contributed by atoms with Crippen LogP contribution in [0, 0.1) is 6.92 Å². The average molecular weight is 446 g/mol. The number of nitrogens with one attached hydrogen (secondary N) is 1. The van der Waals surface area contributed by atoms with E-state index in [-0.39, 0.29) is 0 Å². The Morgan fingerprint density at radius 2 is 2.03 bits per heavy atom. The largest absolute Gasteiger partial charge is 0.465 e. The molecule has 0 atom stereocenters. The Kier molecular flexibility index (Phi) is 5.35. The fourth-order valence-electron chi connectivity index (χ4n) is 5.49. The fourth-order valence-corrected chi connectivity index (χ4v) is 5.49. The Morgan fingerprint density at radius 3 is 2.70 bits per heavy atom. The van der Waals surface area contributed by atoms with Crippen molar-refractivity contribution in [3.8, 4) is 11.3 Å². The zero-order valence-corrected chi connectivity index (χ0v) is 19.7. The number of carbonyl (C=O) groups is 1. The van der Waals surface area contributed by atoms with Gasteiger partial charge in [-0.1, -0.05) is 26.8 Å². The van der Waals surface area contributed by atoms with Crippen molar-refractivity contribution in [3.05, 3.63) is 53.0 Å². The Hall–Kier alpha value is -3.35. The maximum absolute atomic E-state index is 11.3. The fraction of sp³-hybridized carbons (Fsp3) is 0.423. The van der Waals surface area contributed by atoms with Crippen molar-refractivity contribution in [2.24, 2.45) is 0 Å². The highest BCUT2D eigenvalue weighted by atomic mass is 16.4. The molecule has 2 N–H and O–H groups in total. The van der Waals surface area contributed by atoms with E-state index in [9.17, 15) is 9.90 Å². The summed E-state index contributed by atoms with van der Waals surface area (Å²) in [4.78, 5) is 21.0. The minimum absolute atomic E-state index is 0.341. The molecular formula is C26H31N5O2. The van der Waals surface area contributed by atoms with Gasteiger partial charge in [0.25, 0.3) is 0 Å². The SMILES string of the molecule is CCc1c(C)c(-c2[nH]c3ccc(C4CCN(C(=O)O)CC4)cc3c2C(C)C)cn2ncnc12. The summed E-state index contributed by atoms with van der Waals surface area (Å²) in [5.74, 6) is 0.733. The number of nitrogens with zero attached hydrogens (tertiary/aromatic N) is 4. The van der Waals surface area contributed by atoms with E-state index in [2.05, 4.69) is 67.2 Å². The number of benzene rings is 1. The van der Waals surface area contributed by atoms with E-state index in [0.717, 1.165) is 36.1 Å². The van der Waals surface area contributed by atoms with Crippen molar-refractivity contribution in [3.63, 3.8) is 0 Å². The van der Waals surface area contributed by atoms with E-state index in [1.165, 1.54) is 38.1 Å². The number of H-pyrrole nitrogens is 1. The number of carboxylic acid groups (broad SMARTS) is 1. The molecule has 1 fully saturated rings. The first-order valence-corrected chi connectivity index (χ1v) is 11.8. The van der Waals surface area contributed by atoms with Crippen LogP contribution in [-0.4, -0.2) is 48.8 Å². The summed E-state index contributed by atoms with van der Waals surface area (Å²) in [6.07, 6.45) is 5.54. The molecule has 0 radical (unpaired) electrons. The number of rotatable bonds is 4. The zero-order chi connectivity index (χ0) is 23.3. The van der Waals surface area contributed by atoms with E-state index in [1.54, 1.807) is 6.33 Å². The van der Waals surface area contributed by atoms with Gasteiger partial charge in [-0.3, -0.25) is 0 Å². The van der Waals surface area contributed by atoms with Gasteiger partial charge in [-0.2, -0.15) is 5.10 Å². The van der Waals surface area contributed by atoms with Crippen molar-refractivity contribution in [1.29, 1.82) is 0 Å². The van der Waals surface area contributed by atoms with Crippen molar-refractivity contribution in [1.82, 2.24) is 24.5 Å². The normalized spacial score (nSPS) is 15.2. The number of aromatic nitrogens is 4. The molecule has 33 heavy (non-hydrogen) atoms. The number of hydrogen-bond donors (Lipinski definition) is 2. The molecule has 172 valence electrons. The molecule has 0 saturated carbocycles. The predicted molar refractivity (Wildman–Crippen MR) is 130 cm³/mol. The lowest BCUT2D eigenvalue weighted by Crippen LogP contribution is -2.36. The van der Waals surface area contributed by atoms with Crippen molar-refractivity contribution >= 4 is 22.6 Å². The molecule has 0 bridgehead atoms. The van der Waals surface area contributed by atoms with Crippen LogP contribution in [0.1, 0.15) is 67.7 Å². The molecule has 7 nitrogen and oxygen atoms in total. The highest BCUT2D eigenvalue weighted by molar-refractivity contribution is 5.92. The van der Waals surface area contributed by atoms with Gasteiger partial charge in [0.05, 0.1) is 5.69 Å². The smallest absolute Gasteiger partial charge is 0.407 e. The van der Waals surface area contributed by atoms with Crippen LogP contribution in [0.3, 0.4) is 0 Å². The van der Waals surface area contributed by atoms with Gasteiger partial charge in [0.15, 0.2) is 5.65 Å². The van der Waals surface area contributed by atoms with E-state index in [0.29, 0.717) is 24.9 Å². The van der Waals surface area contributed by atoms with E-state index < -0.39 is 6.09 Å². The molecule has 0 aliphatic carbocycles. The third kappa shape index (κ3) is 3.56. The third-order valence-corrected chi connectivity index (χ3v) is 7.25. The quantitative estimate of drug-likeness (QED) is 0.420. The maximum atomic E-state index is 11.3. The third-order valence-electron chi connectivity index (χ3n) is 7.25. The van der Waals surface area contributed by atoms with Crippen molar-refractivity contribution in [2.75, 3.05) is 13.1 Å². The van der Waals surface area contributed by atoms with Crippen LogP contribution < -0.4 is 0 Å². The van der Waals surface area contributed by atoms with Crippen LogP contribution in [0.5, 0.6) is 0 Å². The second kappa shape index (κ2) is 8.21. The van der Waals surface area contributed by atoms with Crippen LogP contribution in [0.4, 0.5) is 4.79 Å². The van der Waals surface area contributed by atoms with Gasteiger partial charge < -0.3 is 15.0 Å². The predicted octanol–water partition coefficient (Wildman–Crippen LogP) is 5.73. The van der Waals surface area contributed by atoms with Gasteiger partial charge >= 0.3 is 6.09 Å². The summed E-state index contributed by atoms with van der Waals surface area (Å²) in [6, 6.07) is 6.72. The standard InChI is InChI=1S/C26H31N5O2/c1-5-19-16(4)21(13-31-25(19)27-14-28-31)24-23(15(2)3)20-12-18(6-7-22(20)29-24)17-8-10-30(11-9-17)26(32)33/h6-7,12-15,17,29H,5,8-11H2,1-4H3,(H,32,33). The topological polar surface area (TPSA) is 86.5 Å². The molecule has 0 spiro atoms. The lowest BCUT2D eigenvalue weighted by Gasteiger charge is -2.30. The number of piperidine rings is 1. The molecule has 3 aromatic heterocycles. The molecule has 1 amide bonds. The first-order valence-electron chi connectivity index (χ1n) is 11.8. The molecule has 1 aromatic carbocycles. The summed E-state index contributed by atoms with van der Waals surface area (Å²) < 4.78 is 1.89. The molecule has 1 aliphatic rings. The summed E-state index contributed by atoms with van der Waals surface area (Å²) in [5.41, 5.74) is 9.48. The van der Waals surface area contributed by atoms with Crippen LogP contribution in [-0.2, 0) is 6.42 Å². The lowest BCUT2D eigenvalue weighted by molar-refractivity contribution is 0.132. The number of likely N-dealkylation sites (tertiary alicyclic amines) is 1. The number of fused-ring (bicyclic) bond motifs is 2. The number of hydrogen-bond acceptors (Lipinski definition) is 3. The van der Waals surface area contributed by atoms with Gasteiger partial charge in [-0.05, 0) is 66.8 Å². The molecular weight excluding hydrogens is 414 g/mol. The van der Waals surface area contributed by atoms with Crippen LogP contribution in [0.15, 0.2) is 30.7 Å². The Balaban J connectivity index is 1.62. The van der Waals surface area contributed by atoms with Gasteiger partial charge in [0.1, 0.15) is 6.33 Å². The highest BCUT2D eigenvalue weighted by Crippen LogP contribution is 2.40. The summed E-state index contributed by atoms with van der Waals surface area (Å²) in [6.45, 7) is 10.0.